The standard InChI is InChI=1S/C11H15FN2O2S/c1-8(2)7-14(3)17(15,16)9-4-5-11(13)10(12)6-9/h4-6H,1,7,13H2,2-3H3. The zero-order valence-electron chi connectivity index (χ0n) is 9.77. The SMILES string of the molecule is C=C(C)CN(C)S(=O)(=O)c1ccc(N)c(F)c1. The van der Waals surface area contributed by atoms with E-state index in [4.69, 9.17) is 5.73 Å². The topological polar surface area (TPSA) is 63.4 Å². The highest BCUT2D eigenvalue weighted by atomic mass is 32.2. The third kappa shape index (κ3) is 3.04. The van der Waals surface area contributed by atoms with E-state index >= 15 is 0 Å². The van der Waals surface area contributed by atoms with Crippen molar-refractivity contribution in [2.75, 3.05) is 19.3 Å². The van der Waals surface area contributed by atoms with Crippen LogP contribution in [0.25, 0.3) is 0 Å². The van der Waals surface area contributed by atoms with Gasteiger partial charge in [-0.25, -0.2) is 12.8 Å². The molecule has 0 radical (unpaired) electrons. The van der Waals surface area contributed by atoms with Gasteiger partial charge in [-0.3, -0.25) is 0 Å². The monoisotopic (exact) mass is 258 g/mol. The van der Waals surface area contributed by atoms with Gasteiger partial charge in [0.1, 0.15) is 5.82 Å². The Balaban J connectivity index is 3.13. The predicted octanol–water partition coefficient (Wildman–Crippen LogP) is 1.60. The van der Waals surface area contributed by atoms with Crippen LogP contribution >= 0.6 is 0 Å². The summed E-state index contributed by atoms with van der Waals surface area (Å²) < 4.78 is 38.3. The number of anilines is 1. The average Bonchev–Trinajstić information content (AvgIpc) is 2.20. The van der Waals surface area contributed by atoms with Crippen LogP contribution in [0.15, 0.2) is 35.2 Å². The number of rotatable bonds is 4. The van der Waals surface area contributed by atoms with Gasteiger partial charge in [0, 0.05) is 13.6 Å². The first kappa shape index (κ1) is 13.7. The summed E-state index contributed by atoms with van der Waals surface area (Å²) in [5.74, 6) is -0.741. The molecule has 0 amide bonds. The lowest BCUT2D eigenvalue weighted by Crippen LogP contribution is -2.28. The summed E-state index contributed by atoms with van der Waals surface area (Å²) in [5, 5.41) is 0. The summed E-state index contributed by atoms with van der Waals surface area (Å²) in [7, 11) is -2.28. The molecule has 0 aromatic heterocycles. The first-order chi connectivity index (χ1) is 7.75. The minimum absolute atomic E-state index is 0.0773. The molecular formula is C11H15FN2O2S. The predicted molar refractivity (Wildman–Crippen MR) is 65.4 cm³/mol. The molecule has 1 rings (SSSR count). The molecular weight excluding hydrogens is 243 g/mol. The molecule has 4 nitrogen and oxygen atoms in total. The molecule has 0 bridgehead atoms. The quantitative estimate of drug-likeness (QED) is 0.659. The molecule has 0 atom stereocenters. The third-order valence-electron chi connectivity index (χ3n) is 2.17. The van der Waals surface area contributed by atoms with Gasteiger partial charge in [-0.15, -0.1) is 0 Å². The number of hydrogen-bond donors (Lipinski definition) is 1. The molecule has 1 aromatic rings. The molecule has 94 valence electrons. The first-order valence-electron chi connectivity index (χ1n) is 4.91. The van der Waals surface area contributed by atoms with Crippen molar-refractivity contribution >= 4 is 15.7 Å². The molecule has 0 aliphatic carbocycles. The molecule has 0 fully saturated rings. The highest BCUT2D eigenvalue weighted by molar-refractivity contribution is 7.89. The summed E-state index contributed by atoms with van der Waals surface area (Å²) in [6.07, 6.45) is 0. The van der Waals surface area contributed by atoms with Crippen molar-refractivity contribution in [3.63, 3.8) is 0 Å². The van der Waals surface area contributed by atoms with Crippen LogP contribution in [0, 0.1) is 5.82 Å². The van der Waals surface area contributed by atoms with Crippen LogP contribution < -0.4 is 5.73 Å². The highest BCUT2D eigenvalue weighted by Crippen LogP contribution is 2.19. The van der Waals surface area contributed by atoms with E-state index in [1.165, 1.54) is 19.2 Å². The van der Waals surface area contributed by atoms with Crippen molar-refractivity contribution in [2.45, 2.75) is 11.8 Å². The van der Waals surface area contributed by atoms with E-state index in [1.807, 2.05) is 0 Å². The Hall–Kier alpha value is -1.40. The van der Waals surface area contributed by atoms with E-state index in [9.17, 15) is 12.8 Å². The summed E-state index contributed by atoms with van der Waals surface area (Å²) >= 11 is 0. The van der Waals surface area contributed by atoms with Gasteiger partial charge in [0.2, 0.25) is 10.0 Å². The fourth-order valence-corrected chi connectivity index (χ4v) is 2.56. The minimum atomic E-state index is -3.70. The maximum absolute atomic E-state index is 13.2. The smallest absolute Gasteiger partial charge is 0.243 e. The fourth-order valence-electron chi connectivity index (χ4n) is 1.31. The van der Waals surface area contributed by atoms with Gasteiger partial charge in [0.15, 0.2) is 0 Å². The van der Waals surface area contributed by atoms with Gasteiger partial charge < -0.3 is 5.73 Å². The molecule has 0 aliphatic heterocycles. The highest BCUT2D eigenvalue weighted by Gasteiger charge is 2.21. The molecule has 1 aromatic carbocycles. The second-order valence-electron chi connectivity index (χ2n) is 3.90. The van der Waals surface area contributed by atoms with Gasteiger partial charge in [-0.05, 0) is 25.1 Å². The molecule has 0 saturated heterocycles. The number of nitrogens with zero attached hydrogens (tertiary/aromatic N) is 1. The lowest BCUT2D eigenvalue weighted by molar-refractivity contribution is 0.492. The van der Waals surface area contributed by atoms with Gasteiger partial charge in [0.05, 0.1) is 10.6 Å². The van der Waals surface area contributed by atoms with Crippen molar-refractivity contribution in [1.82, 2.24) is 4.31 Å². The van der Waals surface area contributed by atoms with Crippen molar-refractivity contribution in [3.8, 4) is 0 Å². The Morgan fingerprint density at radius 2 is 2.12 bits per heavy atom. The fraction of sp³-hybridized carbons (Fsp3) is 0.273. The summed E-state index contributed by atoms with van der Waals surface area (Å²) in [6.45, 7) is 5.54. The van der Waals surface area contributed by atoms with Crippen LogP contribution in [0.4, 0.5) is 10.1 Å². The van der Waals surface area contributed by atoms with Crippen LogP contribution in [-0.2, 0) is 10.0 Å². The van der Waals surface area contributed by atoms with Gasteiger partial charge in [-0.2, -0.15) is 4.31 Å². The maximum Gasteiger partial charge on any atom is 0.243 e. The van der Waals surface area contributed by atoms with Crippen LogP contribution in [0.5, 0.6) is 0 Å². The number of sulfonamides is 1. The second-order valence-corrected chi connectivity index (χ2v) is 5.95. The Bertz CT molecular complexity index is 540. The van der Waals surface area contributed by atoms with Gasteiger partial charge in [0.25, 0.3) is 0 Å². The molecule has 2 N–H and O–H groups in total. The number of likely N-dealkylation sites (N-methyl/N-ethyl adjacent to an activating group) is 1. The Morgan fingerprint density at radius 3 is 2.59 bits per heavy atom. The third-order valence-corrected chi connectivity index (χ3v) is 3.97. The van der Waals surface area contributed by atoms with E-state index in [0.29, 0.717) is 5.57 Å². The van der Waals surface area contributed by atoms with E-state index in [1.54, 1.807) is 6.92 Å². The Kier molecular flexibility index (Phi) is 3.90. The van der Waals surface area contributed by atoms with E-state index < -0.39 is 15.8 Å². The normalized spacial score (nSPS) is 11.8. The average molecular weight is 258 g/mol. The second kappa shape index (κ2) is 4.85. The lowest BCUT2D eigenvalue weighted by Gasteiger charge is -2.17. The van der Waals surface area contributed by atoms with Crippen LogP contribution in [0.2, 0.25) is 0 Å². The lowest BCUT2D eigenvalue weighted by atomic mass is 10.3. The number of halogens is 1. The van der Waals surface area contributed by atoms with E-state index in [0.717, 1.165) is 10.4 Å². The van der Waals surface area contributed by atoms with E-state index in [2.05, 4.69) is 6.58 Å². The van der Waals surface area contributed by atoms with Crippen molar-refractivity contribution in [2.24, 2.45) is 0 Å². The number of nitrogens with two attached hydrogens (primary N) is 1. The molecule has 6 heteroatoms. The number of hydrogen-bond acceptors (Lipinski definition) is 3. The number of benzene rings is 1. The van der Waals surface area contributed by atoms with Gasteiger partial charge >= 0.3 is 0 Å². The largest absolute Gasteiger partial charge is 0.396 e. The minimum Gasteiger partial charge on any atom is -0.396 e. The molecule has 0 saturated carbocycles. The van der Waals surface area contributed by atoms with Crippen molar-refractivity contribution < 1.29 is 12.8 Å². The van der Waals surface area contributed by atoms with Crippen LogP contribution in [0.1, 0.15) is 6.92 Å². The Labute approximate surface area is 101 Å². The molecule has 0 spiro atoms. The van der Waals surface area contributed by atoms with Gasteiger partial charge in [-0.1, -0.05) is 12.2 Å². The zero-order valence-corrected chi connectivity index (χ0v) is 10.6. The summed E-state index contributed by atoms with van der Waals surface area (Å²) in [6, 6.07) is 3.43. The first-order valence-corrected chi connectivity index (χ1v) is 6.35. The van der Waals surface area contributed by atoms with Crippen molar-refractivity contribution in [1.29, 1.82) is 0 Å². The molecule has 0 aliphatic rings. The van der Waals surface area contributed by atoms with Crippen LogP contribution in [-0.4, -0.2) is 26.3 Å². The maximum atomic E-state index is 13.2. The summed E-state index contributed by atoms with van der Waals surface area (Å²) in [5.41, 5.74) is 5.91. The molecule has 17 heavy (non-hydrogen) atoms. The zero-order chi connectivity index (χ0) is 13.2. The Morgan fingerprint density at radius 1 is 1.53 bits per heavy atom. The van der Waals surface area contributed by atoms with Crippen molar-refractivity contribution in [3.05, 3.63) is 36.2 Å². The molecule has 0 unspecified atom stereocenters. The van der Waals surface area contributed by atoms with Crippen LogP contribution in [0.3, 0.4) is 0 Å². The summed E-state index contributed by atoms with van der Waals surface area (Å²) in [4.78, 5) is -0.118. The van der Waals surface area contributed by atoms with E-state index in [-0.39, 0.29) is 17.1 Å². The molecule has 0 heterocycles. The number of nitrogen functional groups attached to an aromatic ring is 1.